The summed E-state index contributed by atoms with van der Waals surface area (Å²) in [4.78, 5) is 11.8. The molecule has 0 N–H and O–H groups in total. The molecular weight excluding hydrogens is 180 g/mol. The highest BCUT2D eigenvalue weighted by molar-refractivity contribution is 5.85. The molecule has 0 aromatic carbocycles. The number of carbonyl (C=O) groups is 1. The van der Waals surface area contributed by atoms with Crippen LogP contribution < -0.4 is 0 Å². The van der Waals surface area contributed by atoms with Crippen molar-refractivity contribution in [3.63, 3.8) is 0 Å². The largest absolute Gasteiger partial charge is 0.373 e. The standard InChI is InChI=1S/C11H16O3/c1-11-4-2-3-7(12)8(11)9-10(11)14-6-5-13-9/h8-10H,2-6H2,1H3/t8-,9+,10+,11-/m1/s1. The number of ketones is 1. The monoisotopic (exact) mass is 196 g/mol. The van der Waals surface area contributed by atoms with Gasteiger partial charge in [0, 0.05) is 11.8 Å². The van der Waals surface area contributed by atoms with Crippen LogP contribution in [0.5, 0.6) is 0 Å². The van der Waals surface area contributed by atoms with Crippen molar-refractivity contribution in [2.45, 2.75) is 38.4 Å². The van der Waals surface area contributed by atoms with E-state index in [1.807, 2.05) is 0 Å². The Morgan fingerprint density at radius 1 is 1.36 bits per heavy atom. The Hall–Kier alpha value is -0.410. The second kappa shape index (κ2) is 2.80. The minimum Gasteiger partial charge on any atom is -0.373 e. The third-order valence-corrected chi connectivity index (χ3v) is 4.16. The van der Waals surface area contributed by atoms with Gasteiger partial charge in [-0.15, -0.1) is 0 Å². The summed E-state index contributed by atoms with van der Waals surface area (Å²) in [6.45, 7) is 3.53. The van der Waals surface area contributed by atoms with Gasteiger partial charge in [-0.1, -0.05) is 6.92 Å². The van der Waals surface area contributed by atoms with Gasteiger partial charge < -0.3 is 9.47 Å². The Balaban J connectivity index is 1.88. The predicted molar refractivity (Wildman–Crippen MR) is 49.9 cm³/mol. The lowest BCUT2D eigenvalue weighted by molar-refractivity contribution is -0.285. The Morgan fingerprint density at radius 3 is 3.00 bits per heavy atom. The molecule has 3 heteroatoms. The molecule has 3 fully saturated rings. The number of hydrogen-bond acceptors (Lipinski definition) is 3. The molecule has 3 aliphatic rings. The maximum Gasteiger partial charge on any atom is 0.139 e. The zero-order valence-electron chi connectivity index (χ0n) is 8.49. The fourth-order valence-electron chi connectivity index (χ4n) is 3.46. The summed E-state index contributed by atoms with van der Waals surface area (Å²) in [6, 6.07) is 0. The molecule has 78 valence electrons. The van der Waals surface area contributed by atoms with E-state index in [4.69, 9.17) is 9.47 Å². The topological polar surface area (TPSA) is 35.5 Å². The number of rotatable bonds is 0. The second-order valence-corrected chi connectivity index (χ2v) is 4.93. The minimum atomic E-state index is 0.0709. The molecule has 3 nitrogen and oxygen atoms in total. The van der Waals surface area contributed by atoms with Crippen molar-refractivity contribution >= 4 is 5.78 Å². The first-order chi connectivity index (χ1) is 6.73. The number of Topliss-reactive ketones (excluding diaryl/α,β-unsaturated/α-hetero) is 1. The van der Waals surface area contributed by atoms with Crippen molar-refractivity contribution < 1.29 is 14.3 Å². The van der Waals surface area contributed by atoms with E-state index in [-0.39, 0.29) is 23.5 Å². The fraction of sp³-hybridized carbons (Fsp3) is 0.909. The number of hydrogen-bond donors (Lipinski definition) is 0. The van der Waals surface area contributed by atoms with Gasteiger partial charge in [-0.2, -0.15) is 0 Å². The molecule has 0 aromatic rings. The normalized spacial score (nSPS) is 51.8. The van der Waals surface area contributed by atoms with Crippen LogP contribution in [-0.4, -0.2) is 31.2 Å². The van der Waals surface area contributed by atoms with Gasteiger partial charge in [0.2, 0.25) is 0 Å². The second-order valence-electron chi connectivity index (χ2n) is 4.93. The van der Waals surface area contributed by atoms with Gasteiger partial charge in [0.1, 0.15) is 5.78 Å². The molecule has 2 saturated carbocycles. The lowest BCUT2D eigenvalue weighted by Crippen LogP contribution is -2.70. The minimum absolute atomic E-state index is 0.0709. The molecular formula is C11H16O3. The Bertz CT molecular complexity index is 276. The highest BCUT2D eigenvalue weighted by Crippen LogP contribution is 2.57. The van der Waals surface area contributed by atoms with Crippen LogP contribution in [0.3, 0.4) is 0 Å². The van der Waals surface area contributed by atoms with Crippen molar-refractivity contribution in [3.05, 3.63) is 0 Å². The first-order valence-electron chi connectivity index (χ1n) is 5.49. The van der Waals surface area contributed by atoms with Gasteiger partial charge in [-0.3, -0.25) is 4.79 Å². The molecule has 2 aliphatic carbocycles. The molecule has 0 radical (unpaired) electrons. The molecule has 4 atom stereocenters. The van der Waals surface area contributed by atoms with E-state index in [9.17, 15) is 4.79 Å². The molecule has 1 aliphatic heterocycles. The van der Waals surface area contributed by atoms with Gasteiger partial charge >= 0.3 is 0 Å². The van der Waals surface area contributed by atoms with E-state index in [0.29, 0.717) is 19.0 Å². The van der Waals surface area contributed by atoms with Crippen LogP contribution in [0.15, 0.2) is 0 Å². The van der Waals surface area contributed by atoms with Crippen LogP contribution in [0.2, 0.25) is 0 Å². The van der Waals surface area contributed by atoms with Gasteiger partial charge in [0.25, 0.3) is 0 Å². The Labute approximate surface area is 83.8 Å². The average molecular weight is 196 g/mol. The highest BCUT2D eigenvalue weighted by atomic mass is 16.6. The van der Waals surface area contributed by atoms with Gasteiger partial charge in [0.05, 0.1) is 31.3 Å². The number of carbonyl (C=O) groups excluding carboxylic acids is 1. The molecule has 0 spiro atoms. The average Bonchev–Trinajstić information content (AvgIpc) is 2.16. The van der Waals surface area contributed by atoms with Crippen molar-refractivity contribution in [3.8, 4) is 0 Å². The molecule has 0 aromatic heterocycles. The van der Waals surface area contributed by atoms with E-state index in [2.05, 4.69) is 6.92 Å². The first kappa shape index (κ1) is 8.86. The maximum absolute atomic E-state index is 11.8. The van der Waals surface area contributed by atoms with E-state index in [1.54, 1.807) is 0 Å². The summed E-state index contributed by atoms with van der Waals surface area (Å²) < 4.78 is 11.4. The van der Waals surface area contributed by atoms with E-state index in [0.717, 1.165) is 19.3 Å². The summed E-state index contributed by atoms with van der Waals surface area (Å²) in [6.07, 6.45) is 3.14. The molecule has 1 heterocycles. The van der Waals surface area contributed by atoms with Crippen LogP contribution in [0.4, 0.5) is 0 Å². The van der Waals surface area contributed by atoms with Crippen molar-refractivity contribution in [1.82, 2.24) is 0 Å². The molecule has 1 saturated heterocycles. The van der Waals surface area contributed by atoms with E-state index >= 15 is 0 Å². The van der Waals surface area contributed by atoms with Crippen LogP contribution in [0, 0.1) is 11.3 Å². The smallest absolute Gasteiger partial charge is 0.139 e. The summed E-state index contributed by atoms with van der Waals surface area (Å²) in [5, 5.41) is 0. The van der Waals surface area contributed by atoms with Gasteiger partial charge in [0.15, 0.2) is 0 Å². The summed E-state index contributed by atoms with van der Waals surface area (Å²) in [7, 11) is 0. The van der Waals surface area contributed by atoms with E-state index in [1.165, 1.54) is 0 Å². The lowest BCUT2D eigenvalue weighted by atomic mass is 9.50. The maximum atomic E-state index is 11.8. The Kier molecular flexibility index (Phi) is 1.77. The first-order valence-corrected chi connectivity index (χ1v) is 5.49. The van der Waals surface area contributed by atoms with E-state index < -0.39 is 0 Å². The summed E-state index contributed by atoms with van der Waals surface area (Å²) in [5.41, 5.74) is 0.0837. The van der Waals surface area contributed by atoms with Crippen molar-refractivity contribution in [2.75, 3.05) is 13.2 Å². The SMILES string of the molecule is C[C@@]12CCCC(=O)[C@@H]1[C@@H]1OCCO[C@@H]12. The van der Waals surface area contributed by atoms with Crippen molar-refractivity contribution in [1.29, 1.82) is 0 Å². The fourth-order valence-corrected chi connectivity index (χ4v) is 3.46. The van der Waals surface area contributed by atoms with Crippen molar-refractivity contribution in [2.24, 2.45) is 11.3 Å². The number of ether oxygens (including phenoxy) is 2. The zero-order valence-corrected chi connectivity index (χ0v) is 8.49. The third-order valence-electron chi connectivity index (χ3n) is 4.16. The Morgan fingerprint density at radius 2 is 2.14 bits per heavy atom. The van der Waals surface area contributed by atoms with Gasteiger partial charge in [-0.05, 0) is 12.8 Å². The quantitative estimate of drug-likeness (QED) is 0.583. The molecule has 0 amide bonds. The van der Waals surface area contributed by atoms with Crippen LogP contribution in [-0.2, 0) is 14.3 Å². The zero-order chi connectivity index (χ0) is 9.76. The number of fused-ring (bicyclic) bond motifs is 4. The summed E-state index contributed by atoms with van der Waals surface area (Å²) >= 11 is 0. The lowest BCUT2D eigenvalue weighted by Gasteiger charge is -2.61. The molecule has 0 unspecified atom stereocenters. The molecule has 14 heavy (non-hydrogen) atoms. The van der Waals surface area contributed by atoms with Crippen LogP contribution in [0.1, 0.15) is 26.2 Å². The van der Waals surface area contributed by atoms with Crippen LogP contribution >= 0.6 is 0 Å². The highest BCUT2D eigenvalue weighted by Gasteiger charge is 2.65. The van der Waals surface area contributed by atoms with Gasteiger partial charge in [-0.25, -0.2) is 0 Å². The molecule has 0 bridgehead atoms. The summed E-state index contributed by atoms with van der Waals surface area (Å²) in [5.74, 6) is 0.520. The third kappa shape index (κ3) is 0.920. The van der Waals surface area contributed by atoms with Crippen LogP contribution in [0.25, 0.3) is 0 Å². The predicted octanol–water partition coefficient (Wildman–Crippen LogP) is 1.16. The molecule has 3 rings (SSSR count).